The topological polar surface area (TPSA) is 77.2 Å². The van der Waals surface area contributed by atoms with Crippen LogP contribution in [0.2, 0.25) is 5.02 Å². The molecule has 1 aliphatic rings. The van der Waals surface area contributed by atoms with Gasteiger partial charge in [0.25, 0.3) is 11.5 Å². The number of anilines is 3. The summed E-state index contributed by atoms with van der Waals surface area (Å²) in [7, 11) is 0. The monoisotopic (exact) mass is 450 g/mol. The van der Waals surface area contributed by atoms with Crippen LogP contribution in [0.1, 0.15) is 35.2 Å². The molecule has 1 aromatic heterocycles. The highest BCUT2D eigenvalue weighted by Crippen LogP contribution is 2.24. The number of piperidine rings is 1. The van der Waals surface area contributed by atoms with Gasteiger partial charge in [-0.3, -0.25) is 9.59 Å². The van der Waals surface area contributed by atoms with E-state index < -0.39 is 11.5 Å². The van der Waals surface area contributed by atoms with Crippen LogP contribution < -0.4 is 21.1 Å². The average Bonchev–Trinajstić information content (AvgIpc) is 2.80. The number of rotatable bonds is 7. The lowest BCUT2D eigenvalue weighted by Crippen LogP contribution is -2.29. The first-order valence-corrected chi connectivity index (χ1v) is 11.3. The van der Waals surface area contributed by atoms with E-state index in [-0.39, 0.29) is 5.56 Å². The number of carbonyl (C=O) groups excluding carboxylic acids is 1. The maximum Gasteiger partial charge on any atom is 0.263 e. The van der Waals surface area contributed by atoms with Crippen molar-refractivity contribution in [2.75, 3.05) is 35.2 Å². The Morgan fingerprint density at radius 1 is 1.03 bits per heavy atom. The summed E-state index contributed by atoms with van der Waals surface area (Å²) in [6, 6.07) is 17.1. The number of aromatic amines is 1. The second kappa shape index (κ2) is 10.4. The summed E-state index contributed by atoms with van der Waals surface area (Å²) in [5.41, 5.74) is 2.98. The van der Waals surface area contributed by atoms with Crippen molar-refractivity contribution in [3.8, 4) is 0 Å². The molecule has 0 unspecified atom stereocenters. The van der Waals surface area contributed by atoms with Gasteiger partial charge in [0.1, 0.15) is 5.56 Å². The molecule has 0 radical (unpaired) electrons. The van der Waals surface area contributed by atoms with Crippen LogP contribution in [0.4, 0.5) is 17.1 Å². The van der Waals surface area contributed by atoms with Gasteiger partial charge in [0.15, 0.2) is 0 Å². The summed E-state index contributed by atoms with van der Waals surface area (Å²) in [4.78, 5) is 30.4. The lowest BCUT2D eigenvalue weighted by Gasteiger charge is -2.29. The van der Waals surface area contributed by atoms with E-state index >= 15 is 0 Å². The molecule has 0 saturated carbocycles. The van der Waals surface area contributed by atoms with Crippen molar-refractivity contribution in [3.05, 3.63) is 87.3 Å². The SMILES string of the molecule is O=C(Nc1cccc(N2CCCCC2)c1)c1c(NCCc2cccc(Cl)c2)cc[nH]c1=O. The largest absolute Gasteiger partial charge is 0.384 e. The van der Waals surface area contributed by atoms with Crippen LogP contribution in [-0.2, 0) is 6.42 Å². The highest BCUT2D eigenvalue weighted by molar-refractivity contribution is 6.30. The Morgan fingerprint density at radius 2 is 1.84 bits per heavy atom. The minimum atomic E-state index is -0.437. The van der Waals surface area contributed by atoms with Crippen LogP contribution in [0.3, 0.4) is 0 Å². The normalized spacial score (nSPS) is 13.6. The number of benzene rings is 2. The molecular weight excluding hydrogens is 424 g/mol. The molecule has 1 amide bonds. The number of hydrogen-bond donors (Lipinski definition) is 3. The van der Waals surface area contributed by atoms with E-state index in [4.69, 9.17) is 11.6 Å². The summed E-state index contributed by atoms with van der Waals surface area (Å²) in [5.74, 6) is -0.437. The second-order valence-corrected chi connectivity index (χ2v) is 8.39. The average molecular weight is 451 g/mol. The zero-order chi connectivity index (χ0) is 22.3. The van der Waals surface area contributed by atoms with Gasteiger partial charge in [0, 0.05) is 42.2 Å². The fourth-order valence-corrected chi connectivity index (χ4v) is 4.22. The van der Waals surface area contributed by atoms with E-state index in [0.717, 1.165) is 24.3 Å². The number of amides is 1. The molecule has 0 atom stereocenters. The van der Waals surface area contributed by atoms with Gasteiger partial charge in [-0.25, -0.2) is 0 Å². The fourth-order valence-electron chi connectivity index (χ4n) is 4.01. The van der Waals surface area contributed by atoms with Crippen molar-refractivity contribution in [3.63, 3.8) is 0 Å². The molecule has 4 rings (SSSR count). The predicted octanol–water partition coefficient (Wildman–Crippen LogP) is 4.93. The van der Waals surface area contributed by atoms with Gasteiger partial charge in [-0.2, -0.15) is 0 Å². The van der Waals surface area contributed by atoms with Crippen LogP contribution >= 0.6 is 11.6 Å². The lowest BCUT2D eigenvalue weighted by atomic mass is 10.1. The molecule has 0 bridgehead atoms. The van der Waals surface area contributed by atoms with Crippen molar-refractivity contribution in [2.24, 2.45) is 0 Å². The number of carbonyl (C=O) groups is 1. The quantitative estimate of drug-likeness (QED) is 0.477. The van der Waals surface area contributed by atoms with E-state index in [9.17, 15) is 9.59 Å². The zero-order valence-electron chi connectivity index (χ0n) is 17.9. The molecule has 166 valence electrons. The molecule has 1 saturated heterocycles. The third-order valence-corrected chi connectivity index (χ3v) is 5.87. The number of hydrogen-bond acceptors (Lipinski definition) is 4. The Bertz CT molecular complexity index is 1140. The molecule has 3 aromatic rings. The van der Waals surface area contributed by atoms with Gasteiger partial charge >= 0.3 is 0 Å². The Hall–Kier alpha value is -3.25. The first-order chi connectivity index (χ1) is 15.6. The van der Waals surface area contributed by atoms with Crippen molar-refractivity contribution in [1.29, 1.82) is 0 Å². The molecule has 1 fully saturated rings. The Morgan fingerprint density at radius 3 is 2.66 bits per heavy atom. The Balaban J connectivity index is 1.46. The van der Waals surface area contributed by atoms with Gasteiger partial charge in [0.05, 0.1) is 5.69 Å². The third-order valence-electron chi connectivity index (χ3n) is 5.63. The molecule has 7 heteroatoms. The molecule has 6 nitrogen and oxygen atoms in total. The van der Waals surface area contributed by atoms with Crippen molar-refractivity contribution >= 4 is 34.6 Å². The third kappa shape index (κ3) is 5.51. The van der Waals surface area contributed by atoms with E-state index in [1.807, 2.05) is 42.5 Å². The number of nitrogens with one attached hydrogen (secondary N) is 3. The van der Waals surface area contributed by atoms with Crippen LogP contribution in [-0.4, -0.2) is 30.5 Å². The van der Waals surface area contributed by atoms with Crippen molar-refractivity contribution in [1.82, 2.24) is 4.98 Å². The van der Waals surface area contributed by atoms with Gasteiger partial charge in [0.2, 0.25) is 0 Å². The summed E-state index contributed by atoms with van der Waals surface area (Å²) in [6.45, 7) is 2.61. The Labute approximate surface area is 192 Å². The van der Waals surface area contributed by atoms with Gasteiger partial charge in [-0.05, 0) is 67.6 Å². The molecule has 1 aliphatic heterocycles. The number of aromatic nitrogens is 1. The smallest absolute Gasteiger partial charge is 0.263 e. The maximum absolute atomic E-state index is 13.0. The summed E-state index contributed by atoms with van der Waals surface area (Å²) in [5, 5.41) is 6.80. The highest BCUT2D eigenvalue weighted by Gasteiger charge is 2.17. The van der Waals surface area contributed by atoms with Gasteiger partial charge in [-0.1, -0.05) is 29.8 Å². The minimum absolute atomic E-state index is 0.0713. The molecule has 3 N–H and O–H groups in total. The van der Waals surface area contributed by atoms with Crippen LogP contribution in [0, 0.1) is 0 Å². The summed E-state index contributed by atoms with van der Waals surface area (Å²) < 4.78 is 0. The molecular formula is C25H27ClN4O2. The van der Waals surface area contributed by atoms with Crippen LogP contribution in [0.15, 0.2) is 65.6 Å². The molecule has 2 heterocycles. The van der Waals surface area contributed by atoms with E-state index in [1.165, 1.54) is 25.5 Å². The first kappa shape index (κ1) is 22.0. The molecule has 0 spiro atoms. The maximum atomic E-state index is 13.0. The molecule has 0 aliphatic carbocycles. The molecule has 2 aromatic carbocycles. The number of H-pyrrole nitrogens is 1. The first-order valence-electron chi connectivity index (χ1n) is 11.0. The Kier molecular flexibility index (Phi) is 7.12. The number of nitrogens with zero attached hydrogens (tertiary/aromatic N) is 1. The van der Waals surface area contributed by atoms with Crippen molar-refractivity contribution < 1.29 is 4.79 Å². The minimum Gasteiger partial charge on any atom is -0.384 e. The van der Waals surface area contributed by atoms with Crippen LogP contribution in [0.5, 0.6) is 0 Å². The van der Waals surface area contributed by atoms with Gasteiger partial charge < -0.3 is 20.5 Å². The lowest BCUT2D eigenvalue weighted by molar-refractivity contribution is 0.102. The highest BCUT2D eigenvalue weighted by atomic mass is 35.5. The van der Waals surface area contributed by atoms with Crippen LogP contribution in [0.25, 0.3) is 0 Å². The van der Waals surface area contributed by atoms with E-state index in [0.29, 0.717) is 29.4 Å². The number of halogens is 1. The second-order valence-electron chi connectivity index (χ2n) is 7.95. The standard InChI is InChI=1S/C25H27ClN4O2/c26-19-7-4-6-18(16-19)10-12-27-22-11-13-28-24(31)23(22)25(32)29-20-8-5-9-21(17-20)30-14-2-1-3-15-30/h4-9,11,13,16-17H,1-3,10,12,14-15H2,(H,29,32)(H2,27,28,31). The zero-order valence-corrected chi connectivity index (χ0v) is 18.6. The van der Waals surface area contributed by atoms with Gasteiger partial charge in [-0.15, -0.1) is 0 Å². The number of pyridine rings is 1. The predicted molar refractivity (Wildman–Crippen MR) is 131 cm³/mol. The fraction of sp³-hybridized carbons (Fsp3) is 0.280. The summed E-state index contributed by atoms with van der Waals surface area (Å²) in [6.07, 6.45) is 5.88. The summed E-state index contributed by atoms with van der Waals surface area (Å²) >= 11 is 6.04. The van der Waals surface area contributed by atoms with Crippen molar-refractivity contribution in [2.45, 2.75) is 25.7 Å². The van der Waals surface area contributed by atoms with E-state index in [2.05, 4.69) is 26.6 Å². The van der Waals surface area contributed by atoms with E-state index in [1.54, 1.807) is 6.07 Å². The molecule has 32 heavy (non-hydrogen) atoms.